The summed E-state index contributed by atoms with van der Waals surface area (Å²) in [4.78, 5) is 13.8. The van der Waals surface area contributed by atoms with E-state index in [9.17, 15) is 13.6 Å². The number of ether oxygens (including phenoxy) is 1. The molecule has 1 aliphatic rings. The third kappa shape index (κ3) is 4.16. The van der Waals surface area contributed by atoms with Gasteiger partial charge in [0.05, 0.1) is 0 Å². The van der Waals surface area contributed by atoms with Crippen LogP contribution < -0.4 is 4.74 Å². The van der Waals surface area contributed by atoms with Crippen LogP contribution in [0.3, 0.4) is 0 Å². The second kappa shape index (κ2) is 6.87. The van der Waals surface area contributed by atoms with Crippen LogP contribution >= 0.6 is 0 Å². The lowest BCUT2D eigenvalue weighted by molar-refractivity contribution is -0.134. The van der Waals surface area contributed by atoms with E-state index in [2.05, 4.69) is 6.92 Å². The van der Waals surface area contributed by atoms with Crippen molar-refractivity contribution < 1.29 is 18.3 Å². The highest BCUT2D eigenvalue weighted by atomic mass is 19.1. The normalized spacial score (nSPS) is 21.9. The molecular formula is C16H21F2NO2. The SMILES string of the molecule is CC1CCC(N(C)C(=O)COc2ccc(F)cc2F)CC1. The zero-order valence-electron chi connectivity index (χ0n) is 12.4. The molecule has 0 aromatic heterocycles. The first-order valence-corrected chi connectivity index (χ1v) is 7.31. The molecule has 1 fully saturated rings. The van der Waals surface area contributed by atoms with E-state index in [1.165, 1.54) is 6.07 Å². The Hall–Kier alpha value is -1.65. The molecule has 0 atom stereocenters. The molecule has 1 aliphatic carbocycles. The molecule has 0 radical (unpaired) electrons. The van der Waals surface area contributed by atoms with E-state index < -0.39 is 11.6 Å². The first-order valence-electron chi connectivity index (χ1n) is 7.31. The minimum absolute atomic E-state index is 0.101. The van der Waals surface area contributed by atoms with Gasteiger partial charge in [-0.05, 0) is 43.7 Å². The fraction of sp³-hybridized carbons (Fsp3) is 0.562. The van der Waals surface area contributed by atoms with Crippen LogP contribution in [0.25, 0.3) is 0 Å². The van der Waals surface area contributed by atoms with Crippen molar-refractivity contribution in [1.82, 2.24) is 4.90 Å². The zero-order chi connectivity index (χ0) is 15.4. The van der Waals surface area contributed by atoms with E-state index in [-0.39, 0.29) is 24.3 Å². The fourth-order valence-electron chi connectivity index (χ4n) is 2.67. The van der Waals surface area contributed by atoms with Crippen molar-refractivity contribution in [3.8, 4) is 5.75 Å². The lowest BCUT2D eigenvalue weighted by Crippen LogP contribution is -2.41. The van der Waals surface area contributed by atoms with E-state index in [1.54, 1.807) is 11.9 Å². The second-order valence-electron chi connectivity index (χ2n) is 5.78. The summed E-state index contributed by atoms with van der Waals surface area (Å²) in [7, 11) is 1.76. The van der Waals surface area contributed by atoms with Crippen LogP contribution in [0.2, 0.25) is 0 Å². The van der Waals surface area contributed by atoms with E-state index in [0.717, 1.165) is 37.8 Å². The highest BCUT2D eigenvalue weighted by molar-refractivity contribution is 5.77. The number of carbonyl (C=O) groups is 1. The average molecular weight is 297 g/mol. The largest absolute Gasteiger partial charge is 0.481 e. The number of amides is 1. The fourth-order valence-corrected chi connectivity index (χ4v) is 2.67. The minimum Gasteiger partial charge on any atom is -0.481 e. The monoisotopic (exact) mass is 297 g/mol. The van der Waals surface area contributed by atoms with Gasteiger partial charge in [-0.3, -0.25) is 4.79 Å². The number of carbonyl (C=O) groups excluding carboxylic acids is 1. The molecule has 0 N–H and O–H groups in total. The Morgan fingerprint density at radius 1 is 1.29 bits per heavy atom. The van der Waals surface area contributed by atoms with Gasteiger partial charge in [0.1, 0.15) is 5.82 Å². The zero-order valence-corrected chi connectivity index (χ0v) is 12.4. The molecule has 116 valence electrons. The number of halogens is 2. The summed E-state index contributed by atoms with van der Waals surface area (Å²) in [6.45, 7) is 1.99. The molecule has 1 aromatic rings. The van der Waals surface area contributed by atoms with Gasteiger partial charge in [-0.25, -0.2) is 8.78 Å². The molecule has 0 aliphatic heterocycles. The Balaban J connectivity index is 1.86. The third-order valence-electron chi connectivity index (χ3n) is 4.17. The lowest BCUT2D eigenvalue weighted by Gasteiger charge is -2.33. The quantitative estimate of drug-likeness (QED) is 0.852. The van der Waals surface area contributed by atoms with Crippen LogP contribution in [-0.2, 0) is 4.79 Å². The van der Waals surface area contributed by atoms with Gasteiger partial charge in [-0.15, -0.1) is 0 Å². The van der Waals surface area contributed by atoms with Gasteiger partial charge < -0.3 is 9.64 Å². The maximum Gasteiger partial charge on any atom is 0.260 e. The van der Waals surface area contributed by atoms with Crippen LogP contribution in [0.5, 0.6) is 5.75 Å². The standard InChI is InChI=1S/C16H21F2NO2/c1-11-3-6-13(7-4-11)19(2)16(20)10-21-15-8-5-12(17)9-14(15)18/h5,8-9,11,13H,3-4,6-7,10H2,1-2H3. The van der Waals surface area contributed by atoms with Gasteiger partial charge in [-0.2, -0.15) is 0 Å². The summed E-state index contributed by atoms with van der Waals surface area (Å²) < 4.78 is 31.3. The number of rotatable bonds is 4. The number of likely N-dealkylation sites (N-methyl/N-ethyl adjacent to an activating group) is 1. The second-order valence-corrected chi connectivity index (χ2v) is 5.78. The predicted octanol–water partition coefficient (Wildman–Crippen LogP) is 3.38. The molecule has 1 saturated carbocycles. The van der Waals surface area contributed by atoms with Crippen LogP contribution in [0.1, 0.15) is 32.6 Å². The molecule has 0 unspecified atom stereocenters. The Morgan fingerprint density at radius 2 is 1.95 bits per heavy atom. The van der Waals surface area contributed by atoms with Crippen molar-refractivity contribution in [1.29, 1.82) is 0 Å². The van der Waals surface area contributed by atoms with Gasteiger partial charge in [-0.1, -0.05) is 6.92 Å². The summed E-state index contributed by atoms with van der Waals surface area (Å²) in [5.41, 5.74) is 0. The third-order valence-corrected chi connectivity index (χ3v) is 4.17. The first kappa shape index (κ1) is 15.7. The molecule has 21 heavy (non-hydrogen) atoms. The summed E-state index contributed by atoms with van der Waals surface area (Å²) >= 11 is 0. The average Bonchev–Trinajstić information content (AvgIpc) is 2.46. The van der Waals surface area contributed by atoms with Gasteiger partial charge >= 0.3 is 0 Å². The van der Waals surface area contributed by atoms with Crippen LogP contribution in [0.15, 0.2) is 18.2 Å². The van der Waals surface area contributed by atoms with Crippen molar-refractivity contribution in [3.05, 3.63) is 29.8 Å². The van der Waals surface area contributed by atoms with Gasteiger partial charge in [0.2, 0.25) is 0 Å². The van der Waals surface area contributed by atoms with Crippen molar-refractivity contribution in [3.63, 3.8) is 0 Å². The molecule has 1 amide bonds. The summed E-state index contributed by atoms with van der Waals surface area (Å²) in [5.74, 6) is -1.03. The molecule has 5 heteroatoms. The van der Waals surface area contributed by atoms with E-state index in [0.29, 0.717) is 5.92 Å². The number of nitrogens with zero attached hydrogens (tertiary/aromatic N) is 1. The van der Waals surface area contributed by atoms with E-state index in [1.807, 2.05) is 0 Å². The molecule has 0 saturated heterocycles. The molecule has 2 rings (SSSR count). The van der Waals surface area contributed by atoms with Crippen LogP contribution in [-0.4, -0.2) is 30.5 Å². The molecule has 0 bridgehead atoms. The molecule has 1 aromatic carbocycles. The first-order chi connectivity index (χ1) is 9.97. The molecule has 0 heterocycles. The summed E-state index contributed by atoms with van der Waals surface area (Å²) in [6.07, 6.45) is 4.23. The van der Waals surface area contributed by atoms with Crippen LogP contribution in [0, 0.1) is 17.6 Å². The molecular weight excluding hydrogens is 276 g/mol. The van der Waals surface area contributed by atoms with Gasteiger partial charge in [0, 0.05) is 19.2 Å². The number of benzene rings is 1. The van der Waals surface area contributed by atoms with E-state index in [4.69, 9.17) is 4.74 Å². The topological polar surface area (TPSA) is 29.5 Å². The van der Waals surface area contributed by atoms with E-state index >= 15 is 0 Å². The Morgan fingerprint density at radius 3 is 2.57 bits per heavy atom. The summed E-state index contributed by atoms with van der Waals surface area (Å²) in [6, 6.07) is 3.27. The number of hydrogen-bond acceptors (Lipinski definition) is 2. The maximum atomic E-state index is 13.4. The Labute approximate surface area is 123 Å². The minimum atomic E-state index is -0.794. The smallest absolute Gasteiger partial charge is 0.260 e. The van der Waals surface area contributed by atoms with Crippen LogP contribution in [0.4, 0.5) is 8.78 Å². The maximum absolute atomic E-state index is 13.4. The number of hydrogen-bond donors (Lipinski definition) is 0. The van der Waals surface area contributed by atoms with Crippen molar-refractivity contribution in [2.75, 3.05) is 13.7 Å². The lowest BCUT2D eigenvalue weighted by atomic mass is 9.87. The van der Waals surface area contributed by atoms with Gasteiger partial charge in [0.15, 0.2) is 18.2 Å². The van der Waals surface area contributed by atoms with Crippen molar-refractivity contribution >= 4 is 5.91 Å². The predicted molar refractivity (Wildman–Crippen MR) is 76.0 cm³/mol. The van der Waals surface area contributed by atoms with Gasteiger partial charge in [0.25, 0.3) is 5.91 Å². The highest BCUT2D eigenvalue weighted by Crippen LogP contribution is 2.26. The molecule has 0 spiro atoms. The van der Waals surface area contributed by atoms with Crippen molar-refractivity contribution in [2.24, 2.45) is 5.92 Å². The Bertz CT molecular complexity index is 499. The molecule has 3 nitrogen and oxygen atoms in total. The van der Waals surface area contributed by atoms with Crippen molar-refractivity contribution in [2.45, 2.75) is 38.6 Å². The summed E-state index contributed by atoms with van der Waals surface area (Å²) in [5, 5.41) is 0. The highest BCUT2D eigenvalue weighted by Gasteiger charge is 2.25. The Kier molecular flexibility index (Phi) is 5.15.